The van der Waals surface area contributed by atoms with Crippen molar-refractivity contribution >= 4 is 28.1 Å². The van der Waals surface area contributed by atoms with Crippen molar-refractivity contribution in [1.29, 1.82) is 0 Å². The second-order valence-corrected chi connectivity index (χ2v) is 7.29. The summed E-state index contributed by atoms with van der Waals surface area (Å²) in [6.45, 7) is 6.27. The lowest BCUT2D eigenvalue weighted by atomic mass is 10.0. The van der Waals surface area contributed by atoms with Gasteiger partial charge in [0.2, 0.25) is 0 Å². The van der Waals surface area contributed by atoms with Gasteiger partial charge in [-0.25, -0.2) is 9.59 Å². The summed E-state index contributed by atoms with van der Waals surface area (Å²) in [5.74, 6) is 0. The molecular formula is C16H21BrN2O4. The molecule has 7 heteroatoms. The van der Waals surface area contributed by atoms with Crippen molar-refractivity contribution in [2.24, 2.45) is 0 Å². The lowest BCUT2D eigenvalue weighted by Crippen LogP contribution is -2.53. The molecule has 1 unspecified atom stereocenters. The predicted octanol–water partition coefficient (Wildman–Crippen LogP) is 3.72. The molecule has 1 atom stereocenters. The fraction of sp³-hybridized carbons (Fsp3) is 0.500. The number of carboxylic acid groups (broad SMARTS) is 1. The molecule has 0 bridgehead atoms. The summed E-state index contributed by atoms with van der Waals surface area (Å²) in [5, 5.41) is 9.45. The maximum atomic E-state index is 12.3. The molecule has 126 valence electrons. The summed E-state index contributed by atoms with van der Waals surface area (Å²) in [7, 11) is 0. The second-order valence-electron chi connectivity index (χ2n) is 6.44. The van der Waals surface area contributed by atoms with E-state index in [4.69, 9.17) is 4.74 Å². The minimum absolute atomic E-state index is 0.251. The molecule has 1 aliphatic rings. The molecule has 1 aromatic carbocycles. The van der Waals surface area contributed by atoms with Crippen molar-refractivity contribution < 1.29 is 19.4 Å². The first-order valence-electron chi connectivity index (χ1n) is 7.41. The minimum Gasteiger partial charge on any atom is -0.465 e. The topological polar surface area (TPSA) is 70.1 Å². The molecule has 1 aliphatic heterocycles. The average molecular weight is 385 g/mol. The smallest absolute Gasteiger partial charge is 0.410 e. The van der Waals surface area contributed by atoms with Gasteiger partial charge < -0.3 is 14.7 Å². The van der Waals surface area contributed by atoms with Crippen molar-refractivity contribution in [2.75, 3.05) is 19.6 Å². The molecule has 0 radical (unpaired) electrons. The summed E-state index contributed by atoms with van der Waals surface area (Å²) < 4.78 is 6.22. The van der Waals surface area contributed by atoms with Crippen LogP contribution in [-0.4, -0.2) is 52.3 Å². The highest BCUT2D eigenvalue weighted by Crippen LogP contribution is 2.31. The first-order chi connectivity index (χ1) is 10.7. The third-order valence-corrected chi connectivity index (χ3v) is 4.26. The fourth-order valence-electron chi connectivity index (χ4n) is 2.52. The maximum absolute atomic E-state index is 12.3. The van der Waals surface area contributed by atoms with Crippen LogP contribution in [0.25, 0.3) is 0 Å². The molecular weight excluding hydrogens is 364 g/mol. The minimum atomic E-state index is -0.991. The zero-order chi connectivity index (χ0) is 17.2. The molecule has 0 aromatic heterocycles. The van der Waals surface area contributed by atoms with E-state index in [-0.39, 0.29) is 13.1 Å². The Hall–Kier alpha value is -1.76. The Labute approximate surface area is 144 Å². The van der Waals surface area contributed by atoms with Crippen LogP contribution in [0.4, 0.5) is 9.59 Å². The number of piperazine rings is 1. The number of hydrogen-bond acceptors (Lipinski definition) is 3. The summed E-state index contributed by atoms with van der Waals surface area (Å²) in [4.78, 5) is 26.7. The van der Waals surface area contributed by atoms with Gasteiger partial charge in [-0.1, -0.05) is 34.1 Å². The lowest BCUT2D eigenvalue weighted by molar-refractivity contribution is 0.00503. The van der Waals surface area contributed by atoms with E-state index in [0.717, 1.165) is 10.0 Å². The van der Waals surface area contributed by atoms with Gasteiger partial charge in [0.1, 0.15) is 5.60 Å². The summed E-state index contributed by atoms with van der Waals surface area (Å²) in [5.41, 5.74) is 0.257. The fourth-order valence-corrected chi connectivity index (χ4v) is 3.06. The third-order valence-electron chi connectivity index (χ3n) is 3.54. The zero-order valence-electron chi connectivity index (χ0n) is 13.5. The van der Waals surface area contributed by atoms with Crippen LogP contribution >= 0.6 is 15.9 Å². The van der Waals surface area contributed by atoms with Crippen molar-refractivity contribution in [3.05, 3.63) is 34.3 Å². The number of amides is 2. The van der Waals surface area contributed by atoms with Gasteiger partial charge in [-0.3, -0.25) is 4.90 Å². The number of ether oxygens (including phenoxy) is 1. The van der Waals surface area contributed by atoms with Crippen LogP contribution in [0.15, 0.2) is 28.7 Å². The molecule has 1 saturated heterocycles. The number of rotatable bonds is 1. The van der Waals surface area contributed by atoms with Crippen molar-refractivity contribution in [1.82, 2.24) is 9.80 Å². The Morgan fingerprint density at radius 2 is 1.91 bits per heavy atom. The first-order valence-corrected chi connectivity index (χ1v) is 8.20. The van der Waals surface area contributed by atoms with E-state index in [0.29, 0.717) is 6.54 Å². The van der Waals surface area contributed by atoms with Crippen LogP contribution in [0.1, 0.15) is 32.4 Å². The van der Waals surface area contributed by atoms with E-state index in [2.05, 4.69) is 15.9 Å². The molecule has 1 N–H and O–H groups in total. The molecule has 6 nitrogen and oxygen atoms in total. The first kappa shape index (κ1) is 17.6. The van der Waals surface area contributed by atoms with Gasteiger partial charge in [0.15, 0.2) is 0 Å². The van der Waals surface area contributed by atoms with Crippen molar-refractivity contribution in [2.45, 2.75) is 32.4 Å². The Kier molecular flexibility index (Phi) is 5.19. The van der Waals surface area contributed by atoms with E-state index in [9.17, 15) is 14.7 Å². The molecule has 1 aromatic rings. The van der Waals surface area contributed by atoms with Gasteiger partial charge in [0.05, 0.1) is 6.04 Å². The van der Waals surface area contributed by atoms with Crippen LogP contribution in [-0.2, 0) is 4.74 Å². The Bertz CT molecular complexity index is 600. The van der Waals surface area contributed by atoms with E-state index < -0.39 is 23.8 Å². The van der Waals surface area contributed by atoms with Crippen LogP contribution in [0.2, 0.25) is 0 Å². The summed E-state index contributed by atoms with van der Waals surface area (Å²) >= 11 is 3.46. The predicted molar refractivity (Wildman–Crippen MR) is 89.4 cm³/mol. The molecule has 23 heavy (non-hydrogen) atoms. The van der Waals surface area contributed by atoms with E-state index in [1.807, 2.05) is 45.0 Å². The number of nitrogens with zero attached hydrogens (tertiary/aromatic N) is 2. The van der Waals surface area contributed by atoms with Gasteiger partial charge >= 0.3 is 12.2 Å². The SMILES string of the molecule is CC(C)(C)OC(=O)N1CCN(C(=O)O)C(c2ccccc2Br)C1. The van der Waals surface area contributed by atoms with Crippen molar-refractivity contribution in [3.8, 4) is 0 Å². The largest absolute Gasteiger partial charge is 0.465 e. The van der Waals surface area contributed by atoms with Crippen LogP contribution in [0.5, 0.6) is 0 Å². The molecule has 2 rings (SSSR count). The van der Waals surface area contributed by atoms with Crippen LogP contribution in [0.3, 0.4) is 0 Å². The number of benzene rings is 1. The van der Waals surface area contributed by atoms with Gasteiger partial charge in [-0.05, 0) is 32.4 Å². The number of carbonyl (C=O) groups excluding carboxylic acids is 1. The molecule has 0 saturated carbocycles. The van der Waals surface area contributed by atoms with Gasteiger partial charge in [-0.2, -0.15) is 0 Å². The maximum Gasteiger partial charge on any atom is 0.410 e. The summed E-state index contributed by atoms with van der Waals surface area (Å²) in [6.07, 6.45) is -1.41. The molecule has 0 spiro atoms. The number of halogens is 1. The lowest BCUT2D eigenvalue weighted by Gasteiger charge is -2.40. The van der Waals surface area contributed by atoms with E-state index >= 15 is 0 Å². The Morgan fingerprint density at radius 3 is 2.48 bits per heavy atom. The molecule has 2 amide bonds. The van der Waals surface area contributed by atoms with E-state index in [1.165, 1.54) is 4.90 Å². The monoisotopic (exact) mass is 384 g/mol. The zero-order valence-corrected chi connectivity index (χ0v) is 15.0. The van der Waals surface area contributed by atoms with E-state index in [1.54, 1.807) is 4.90 Å². The van der Waals surface area contributed by atoms with Gasteiger partial charge in [0, 0.05) is 24.1 Å². The highest BCUT2D eigenvalue weighted by molar-refractivity contribution is 9.10. The highest BCUT2D eigenvalue weighted by atomic mass is 79.9. The second kappa shape index (κ2) is 6.78. The molecule has 1 heterocycles. The van der Waals surface area contributed by atoms with Crippen LogP contribution < -0.4 is 0 Å². The average Bonchev–Trinajstić information content (AvgIpc) is 2.45. The highest BCUT2D eigenvalue weighted by Gasteiger charge is 2.35. The number of carbonyl (C=O) groups is 2. The molecule has 0 aliphatic carbocycles. The van der Waals surface area contributed by atoms with Crippen LogP contribution in [0, 0.1) is 0 Å². The standard InChI is InChI=1S/C16H21BrN2O4/c1-16(2,3)23-15(22)18-8-9-19(14(20)21)13(10-18)11-6-4-5-7-12(11)17/h4-7,13H,8-10H2,1-3H3,(H,20,21). The summed E-state index contributed by atoms with van der Waals surface area (Å²) in [6, 6.07) is 7.02. The normalized spacial score (nSPS) is 18.7. The van der Waals surface area contributed by atoms with Gasteiger partial charge in [0.25, 0.3) is 0 Å². The quantitative estimate of drug-likeness (QED) is 0.800. The Balaban J connectivity index is 2.23. The molecule has 1 fully saturated rings. The van der Waals surface area contributed by atoms with Gasteiger partial charge in [-0.15, -0.1) is 0 Å². The Morgan fingerprint density at radius 1 is 1.26 bits per heavy atom. The number of hydrogen-bond donors (Lipinski definition) is 1. The third kappa shape index (κ3) is 4.37. The van der Waals surface area contributed by atoms with Crippen molar-refractivity contribution in [3.63, 3.8) is 0 Å².